The van der Waals surface area contributed by atoms with E-state index in [1.807, 2.05) is 29.6 Å². The molecule has 3 rings (SSSR count). The quantitative estimate of drug-likeness (QED) is 0.250. The van der Waals surface area contributed by atoms with E-state index in [1.54, 1.807) is 47.4 Å². The van der Waals surface area contributed by atoms with Crippen LogP contribution in [0.5, 0.6) is 0 Å². The minimum Gasteiger partial charge on any atom is -0.413 e. The Morgan fingerprint density at radius 3 is 2.26 bits per heavy atom. The molecule has 0 saturated carbocycles. The fourth-order valence-electron chi connectivity index (χ4n) is 4.52. The molecule has 234 valence electrons. The number of hydrogen-bond donors (Lipinski definition) is 2. The lowest BCUT2D eigenvalue weighted by molar-refractivity contribution is -0.174. The summed E-state index contributed by atoms with van der Waals surface area (Å²) < 4.78 is 45.7. The molecule has 0 aliphatic carbocycles. The zero-order valence-electron chi connectivity index (χ0n) is 25.5. The maximum Gasteiger partial charge on any atom is 0.471 e. The number of amides is 3. The van der Waals surface area contributed by atoms with Crippen LogP contribution in [0.1, 0.15) is 44.7 Å². The molecule has 1 aliphatic heterocycles. The molecule has 0 saturated heterocycles. The molecule has 3 amide bonds. The molecule has 1 aliphatic rings. The second kappa shape index (κ2) is 14.4. The molecule has 0 radical (unpaired) electrons. The summed E-state index contributed by atoms with van der Waals surface area (Å²) in [5.41, 5.74) is 2.31. The SMILES string of the molecule is CC(C)(C)[Si](C)(C)OC/C=C/C[C@@H](NC(=O)[C@H](Cc1ccccc1)NC(=O)C(F)(F)F)C(=O)N1CCCc2ccccc21. The third kappa shape index (κ3) is 9.52. The van der Waals surface area contributed by atoms with E-state index >= 15 is 0 Å². The van der Waals surface area contributed by atoms with Crippen LogP contribution in [-0.2, 0) is 31.7 Å². The highest BCUT2D eigenvalue weighted by molar-refractivity contribution is 6.74. The molecule has 0 spiro atoms. The molecule has 0 aromatic heterocycles. The standard InChI is InChI=1S/C32H42F3N3O4Si/c1-31(2,3)43(4,5)42-21-12-11-18-25(29(40)38-20-13-17-24-16-9-10-19-27(24)38)36-28(39)26(37-30(41)32(33,34)35)22-23-14-7-6-8-15-23/h6-12,14-16,19,25-26H,13,17-18,20-22H2,1-5H3,(H,36,39)(H,37,41)/b12-11+/t25-,26+/m1/s1. The van der Waals surface area contributed by atoms with Crippen LogP contribution >= 0.6 is 0 Å². The number of anilines is 1. The first-order valence-electron chi connectivity index (χ1n) is 14.5. The van der Waals surface area contributed by atoms with Gasteiger partial charge in [0.1, 0.15) is 12.1 Å². The third-order valence-corrected chi connectivity index (χ3v) is 12.5. The normalized spacial score (nSPS) is 15.5. The average molecular weight is 618 g/mol. The summed E-state index contributed by atoms with van der Waals surface area (Å²) in [6.07, 6.45) is -0.180. The summed E-state index contributed by atoms with van der Waals surface area (Å²) in [4.78, 5) is 40.8. The van der Waals surface area contributed by atoms with Crippen molar-refractivity contribution in [2.75, 3.05) is 18.1 Å². The fourth-order valence-corrected chi connectivity index (χ4v) is 5.46. The lowest BCUT2D eigenvalue weighted by Gasteiger charge is -2.35. The predicted octanol–water partition coefficient (Wildman–Crippen LogP) is 5.71. The Labute approximate surface area is 253 Å². The van der Waals surface area contributed by atoms with Crippen molar-refractivity contribution in [2.24, 2.45) is 0 Å². The number of alkyl halides is 3. The number of halogens is 3. The number of benzene rings is 2. The Kier molecular flexibility index (Phi) is 11.4. The molecule has 2 atom stereocenters. The molecule has 1 heterocycles. The number of nitrogens with zero attached hydrogens (tertiary/aromatic N) is 1. The monoisotopic (exact) mass is 617 g/mol. The van der Waals surface area contributed by atoms with Crippen molar-refractivity contribution in [3.63, 3.8) is 0 Å². The van der Waals surface area contributed by atoms with Crippen molar-refractivity contribution in [3.8, 4) is 0 Å². The highest BCUT2D eigenvalue weighted by atomic mass is 28.4. The van der Waals surface area contributed by atoms with Gasteiger partial charge in [0.05, 0.1) is 6.61 Å². The molecule has 0 fully saturated rings. The van der Waals surface area contributed by atoms with Gasteiger partial charge < -0.3 is 20.0 Å². The molecular weight excluding hydrogens is 575 g/mol. The van der Waals surface area contributed by atoms with E-state index in [0.29, 0.717) is 18.7 Å². The number of para-hydroxylation sites is 1. The van der Waals surface area contributed by atoms with Gasteiger partial charge in [-0.3, -0.25) is 14.4 Å². The van der Waals surface area contributed by atoms with Gasteiger partial charge >= 0.3 is 12.1 Å². The van der Waals surface area contributed by atoms with Crippen LogP contribution in [0.2, 0.25) is 18.1 Å². The van der Waals surface area contributed by atoms with Crippen molar-refractivity contribution in [1.82, 2.24) is 10.6 Å². The molecular formula is C32H42F3N3O4Si. The highest BCUT2D eigenvalue weighted by Gasteiger charge is 2.41. The van der Waals surface area contributed by atoms with Crippen LogP contribution in [0.25, 0.3) is 0 Å². The van der Waals surface area contributed by atoms with E-state index in [9.17, 15) is 27.6 Å². The fraction of sp³-hybridized carbons (Fsp3) is 0.469. The lowest BCUT2D eigenvalue weighted by Crippen LogP contribution is -2.56. The molecule has 2 aromatic carbocycles. The van der Waals surface area contributed by atoms with Crippen molar-refractivity contribution in [2.45, 2.75) is 82.8 Å². The van der Waals surface area contributed by atoms with Gasteiger partial charge in [-0.15, -0.1) is 0 Å². The maximum absolute atomic E-state index is 13.9. The first-order chi connectivity index (χ1) is 20.1. The highest BCUT2D eigenvalue weighted by Crippen LogP contribution is 2.36. The Hall–Kier alpha value is -3.44. The summed E-state index contributed by atoms with van der Waals surface area (Å²) in [5.74, 6) is -3.48. The van der Waals surface area contributed by atoms with Crippen LogP contribution in [0.4, 0.5) is 18.9 Å². The molecule has 43 heavy (non-hydrogen) atoms. The number of rotatable bonds is 11. The third-order valence-electron chi connectivity index (χ3n) is 8.04. The lowest BCUT2D eigenvalue weighted by atomic mass is 10.00. The summed E-state index contributed by atoms with van der Waals surface area (Å²) in [7, 11) is -2.01. The maximum atomic E-state index is 13.9. The van der Waals surface area contributed by atoms with Gasteiger partial charge in [-0.25, -0.2) is 0 Å². The van der Waals surface area contributed by atoms with Crippen molar-refractivity contribution < 1.29 is 32.0 Å². The first kappa shape index (κ1) is 34.1. The zero-order chi connectivity index (χ0) is 31.8. The van der Waals surface area contributed by atoms with Crippen LogP contribution in [-0.4, -0.2) is 57.5 Å². The van der Waals surface area contributed by atoms with Crippen LogP contribution in [0.15, 0.2) is 66.7 Å². The van der Waals surface area contributed by atoms with Crippen LogP contribution in [0, 0.1) is 0 Å². The van der Waals surface area contributed by atoms with Gasteiger partial charge in [0.25, 0.3) is 0 Å². The smallest absolute Gasteiger partial charge is 0.413 e. The number of carbonyl (C=O) groups is 3. The second-order valence-electron chi connectivity index (χ2n) is 12.3. The first-order valence-corrected chi connectivity index (χ1v) is 17.4. The molecule has 7 nitrogen and oxygen atoms in total. The molecule has 0 bridgehead atoms. The molecule has 11 heteroatoms. The van der Waals surface area contributed by atoms with Crippen molar-refractivity contribution in [1.29, 1.82) is 0 Å². The van der Waals surface area contributed by atoms with Gasteiger partial charge in [0.15, 0.2) is 8.32 Å². The van der Waals surface area contributed by atoms with Gasteiger partial charge in [0.2, 0.25) is 11.8 Å². The zero-order valence-corrected chi connectivity index (χ0v) is 26.5. The van der Waals surface area contributed by atoms with E-state index in [-0.39, 0.29) is 23.8 Å². The number of nitrogens with one attached hydrogen (secondary N) is 2. The topological polar surface area (TPSA) is 87.7 Å². The Morgan fingerprint density at radius 2 is 1.60 bits per heavy atom. The molecule has 2 aromatic rings. The van der Waals surface area contributed by atoms with Gasteiger partial charge in [-0.05, 0) is 54.6 Å². The van der Waals surface area contributed by atoms with Gasteiger partial charge in [-0.1, -0.05) is 81.5 Å². The van der Waals surface area contributed by atoms with E-state index in [0.717, 1.165) is 24.1 Å². The van der Waals surface area contributed by atoms with Gasteiger partial charge in [0, 0.05) is 18.7 Å². The minimum atomic E-state index is -5.17. The second-order valence-corrected chi connectivity index (χ2v) is 17.1. The van der Waals surface area contributed by atoms with Crippen molar-refractivity contribution in [3.05, 3.63) is 77.9 Å². The van der Waals surface area contributed by atoms with Crippen LogP contribution < -0.4 is 15.5 Å². The van der Waals surface area contributed by atoms with Crippen LogP contribution in [0.3, 0.4) is 0 Å². The number of aryl methyl sites for hydroxylation is 1. The largest absolute Gasteiger partial charge is 0.471 e. The predicted molar refractivity (Wildman–Crippen MR) is 164 cm³/mol. The molecule has 2 N–H and O–H groups in total. The number of hydrogen-bond acceptors (Lipinski definition) is 4. The van der Waals surface area contributed by atoms with E-state index < -0.39 is 38.4 Å². The van der Waals surface area contributed by atoms with E-state index in [1.165, 1.54) is 0 Å². The summed E-state index contributed by atoms with van der Waals surface area (Å²) in [6, 6.07) is 13.3. The Bertz CT molecular complexity index is 1290. The molecule has 0 unspecified atom stereocenters. The Morgan fingerprint density at radius 1 is 0.953 bits per heavy atom. The summed E-state index contributed by atoms with van der Waals surface area (Å²) in [5, 5.41) is 4.49. The number of carbonyl (C=O) groups excluding carboxylic acids is 3. The number of fused-ring (bicyclic) bond motifs is 1. The van der Waals surface area contributed by atoms with Gasteiger partial charge in [-0.2, -0.15) is 13.2 Å². The summed E-state index contributed by atoms with van der Waals surface area (Å²) >= 11 is 0. The van der Waals surface area contributed by atoms with E-state index in [2.05, 4.69) is 39.2 Å². The summed E-state index contributed by atoms with van der Waals surface area (Å²) in [6.45, 7) is 11.4. The average Bonchev–Trinajstić information content (AvgIpc) is 2.94. The minimum absolute atomic E-state index is 0.0174. The van der Waals surface area contributed by atoms with Crippen molar-refractivity contribution >= 4 is 31.7 Å². The Balaban J connectivity index is 1.84. The van der Waals surface area contributed by atoms with E-state index in [4.69, 9.17) is 4.43 Å².